The number of carboxylic acids is 4. The van der Waals surface area contributed by atoms with Crippen molar-refractivity contribution in [3.63, 3.8) is 0 Å². The van der Waals surface area contributed by atoms with Crippen LogP contribution in [0.1, 0.15) is 0 Å². The van der Waals surface area contributed by atoms with Crippen molar-refractivity contribution >= 4 is 87.0 Å². The number of hydrogen-bond donors (Lipinski definition) is 12. The second-order valence-electron chi connectivity index (χ2n) is 4.34. The number of carbonyl (C=O) groups is 4. The van der Waals surface area contributed by atoms with Crippen LogP contribution in [0.3, 0.4) is 0 Å². The molecule has 7 N–H and O–H groups in total. The third-order valence-corrected chi connectivity index (χ3v) is 3.64. The fourth-order valence-electron chi connectivity index (χ4n) is 0.300. The summed E-state index contributed by atoms with van der Waals surface area (Å²) in [6.45, 7) is -0.698. The molecule has 0 bridgehead atoms. The SMILES string of the molecule is O=C(O)CS.O=C(O)CS.O=C(O)CS.O=C(O)CS.OCC(CO)(CO)CS. The van der Waals surface area contributed by atoms with Crippen LogP contribution in [0.2, 0.25) is 0 Å². The van der Waals surface area contributed by atoms with E-state index in [2.05, 4.69) is 63.1 Å². The first-order valence-corrected chi connectivity index (χ1v) is 10.2. The Morgan fingerprint density at radius 2 is 0.655 bits per heavy atom. The summed E-state index contributed by atoms with van der Waals surface area (Å²) in [7, 11) is 0. The highest BCUT2D eigenvalue weighted by Gasteiger charge is 2.25. The summed E-state index contributed by atoms with van der Waals surface area (Å²) in [4.78, 5) is 37.2. The summed E-state index contributed by atoms with van der Waals surface area (Å²) in [6, 6.07) is 0. The third-order valence-electron chi connectivity index (χ3n) is 1.88. The van der Waals surface area contributed by atoms with Gasteiger partial charge in [-0.05, 0) is 0 Å². The van der Waals surface area contributed by atoms with Crippen LogP contribution >= 0.6 is 63.1 Å². The summed E-state index contributed by atoms with van der Waals surface area (Å²) in [5, 5.41) is 56.4. The van der Waals surface area contributed by atoms with Gasteiger partial charge in [-0.1, -0.05) is 0 Å². The predicted octanol–water partition coefficient (Wildman–Crippen LogP) is -1.12. The lowest BCUT2D eigenvalue weighted by atomic mass is 9.94. The summed E-state index contributed by atoms with van der Waals surface area (Å²) >= 11 is 17.5. The van der Waals surface area contributed by atoms with Crippen molar-refractivity contribution < 1.29 is 54.9 Å². The maximum absolute atomic E-state index is 9.29. The van der Waals surface area contributed by atoms with E-state index in [1.54, 1.807) is 0 Å². The molecular weight excluding hydrogens is 492 g/mol. The molecule has 0 aliphatic heterocycles. The first-order chi connectivity index (χ1) is 13.3. The smallest absolute Gasteiger partial charge is 0.313 e. The van der Waals surface area contributed by atoms with Crippen molar-refractivity contribution in [1.29, 1.82) is 0 Å². The fraction of sp³-hybridized carbons (Fsp3) is 0.692. The van der Waals surface area contributed by atoms with Crippen LogP contribution in [-0.4, -0.2) is 108 Å². The Hall–Kier alpha value is -0.490. The average molecular weight is 521 g/mol. The van der Waals surface area contributed by atoms with Gasteiger partial charge in [-0.25, -0.2) is 0 Å². The van der Waals surface area contributed by atoms with E-state index in [4.69, 9.17) is 35.7 Å². The van der Waals surface area contributed by atoms with Gasteiger partial charge in [0.1, 0.15) is 0 Å². The van der Waals surface area contributed by atoms with E-state index >= 15 is 0 Å². The molecule has 0 radical (unpaired) electrons. The van der Waals surface area contributed by atoms with Gasteiger partial charge in [-0.15, -0.1) is 0 Å². The standard InChI is InChI=1S/C5H12O3S.4C2H4O2S/c6-1-5(2-7,3-8)4-9;4*3-2(4)1-5/h6-9H,1-4H2;4*5H,1H2,(H,3,4). The van der Waals surface area contributed by atoms with Crippen LogP contribution in [0.15, 0.2) is 0 Å². The van der Waals surface area contributed by atoms with Crippen LogP contribution in [-0.2, 0) is 19.2 Å². The number of aliphatic hydroxyl groups is 3. The number of aliphatic hydroxyl groups excluding tert-OH is 3. The van der Waals surface area contributed by atoms with E-state index in [0.29, 0.717) is 0 Å². The maximum atomic E-state index is 9.29. The van der Waals surface area contributed by atoms with Gasteiger partial charge in [0.05, 0.1) is 42.8 Å². The van der Waals surface area contributed by atoms with E-state index in [-0.39, 0.29) is 48.6 Å². The van der Waals surface area contributed by atoms with E-state index in [1.807, 2.05) is 0 Å². The van der Waals surface area contributed by atoms with Crippen LogP contribution in [0.25, 0.3) is 0 Å². The number of aliphatic carboxylic acids is 4. The highest BCUT2D eigenvalue weighted by molar-refractivity contribution is 7.81. The predicted molar refractivity (Wildman–Crippen MR) is 123 cm³/mol. The molecule has 0 amide bonds. The van der Waals surface area contributed by atoms with Crippen molar-refractivity contribution in [1.82, 2.24) is 0 Å². The molecule has 0 fully saturated rings. The van der Waals surface area contributed by atoms with Gasteiger partial charge in [0, 0.05) is 11.2 Å². The van der Waals surface area contributed by atoms with Crippen molar-refractivity contribution in [2.24, 2.45) is 5.41 Å². The molecule has 0 rings (SSSR count). The van der Waals surface area contributed by atoms with Gasteiger partial charge in [-0.3, -0.25) is 19.2 Å². The highest BCUT2D eigenvalue weighted by Crippen LogP contribution is 2.15. The lowest BCUT2D eigenvalue weighted by Crippen LogP contribution is -2.35. The van der Waals surface area contributed by atoms with Crippen LogP contribution in [0.5, 0.6) is 0 Å². The maximum Gasteiger partial charge on any atom is 0.313 e. The van der Waals surface area contributed by atoms with Crippen molar-refractivity contribution in [2.75, 3.05) is 48.6 Å². The van der Waals surface area contributed by atoms with Gasteiger partial charge < -0.3 is 35.7 Å². The van der Waals surface area contributed by atoms with Gasteiger partial charge in [-0.2, -0.15) is 63.1 Å². The highest BCUT2D eigenvalue weighted by atomic mass is 32.1. The first-order valence-electron chi connectivity index (χ1n) is 7.07. The molecule has 0 aliphatic carbocycles. The lowest BCUT2D eigenvalue weighted by Gasteiger charge is -2.24. The lowest BCUT2D eigenvalue weighted by molar-refractivity contribution is -0.134. The molecule has 29 heavy (non-hydrogen) atoms. The largest absolute Gasteiger partial charge is 0.481 e. The molecule has 0 aliphatic rings. The fourth-order valence-corrected chi connectivity index (χ4v) is 0.600. The molecule has 16 heteroatoms. The van der Waals surface area contributed by atoms with Gasteiger partial charge in [0.2, 0.25) is 0 Å². The second-order valence-corrected chi connectivity index (χ2v) is 5.92. The number of carboxylic acid groups (broad SMARTS) is 4. The molecular formula is C13H28O11S5. The monoisotopic (exact) mass is 520 g/mol. The Kier molecular flexibility index (Phi) is 40.0. The number of rotatable bonds is 8. The molecule has 0 aromatic carbocycles. The Labute approximate surface area is 195 Å². The van der Waals surface area contributed by atoms with E-state index in [0.717, 1.165) is 0 Å². The summed E-state index contributed by atoms with van der Waals surface area (Å²) in [6.07, 6.45) is 0. The zero-order chi connectivity index (χ0) is 24.5. The minimum atomic E-state index is -0.881. The molecule has 0 aromatic heterocycles. The van der Waals surface area contributed by atoms with Gasteiger partial charge >= 0.3 is 23.9 Å². The molecule has 0 saturated heterocycles. The second kappa shape index (κ2) is 29.7. The average Bonchev–Trinajstić information content (AvgIpc) is 2.71. The molecule has 0 spiro atoms. The zero-order valence-corrected chi connectivity index (χ0v) is 19.6. The van der Waals surface area contributed by atoms with Crippen molar-refractivity contribution in [3.8, 4) is 0 Å². The van der Waals surface area contributed by atoms with Gasteiger partial charge in [0.15, 0.2) is 0 Å². The van der Waals surface area contributed by atoms with Gasteiger partial charge in [0.25, 0.3) is 0 Å². The molecule has 176 valence electrons. The van der Waals surface area contributed by atoms with Crippen molar-refractivity contribution in [2.45, 2.75) is 0 Å². The normalized spacial score (nSPS) is 8.83. The Balaban J connectivity index is -0.0000000853. The molecule has 0 aromatic rings. The van der Waals surface area contributed by atoms with Crippen LogP contribution in [0, 0.1) is 5.41 Å². The quantitative estimate of drug-likeness (QED) is 0.172. The summed E-state index contributed by atoms with van der Waals surface area (Å²) < 4.78 is 0. The van der Waals surface area contributed by atoms with Crippen LogP contribution < -0.4 is 0 Å². The van der Waals surface area contributed by atoms with E-state index < -0.39 is 29.3 Å². The molecule has 0 unspecified atom stereocenters. The summed E-state index contributed by atoms with van der Waals surface area (Å²) in [5.74, 6) is -3.57. The van der Waals surface area contributed by atoms with E-state index in [9.17, 15) is 19.2 Å². The molecule has 0 atom stereocenters. The van der Waals surface area contributed by atoms with Crippen molar-refractivity contribution in [3.05, 3.63) is 0 Å². The Morgan fingerprint density at radius 3 is 0.655 bits per heavy atom. The summed E-state index contributed by atoms with van der Waals surface area (Å²) in [5.41, 5.74) is -0.802. The third kappa shape index (κ3) is 47.0. The molecule has 0 saturated carbocycles. The van der Waals surface area contributed by atoms with Crippen LogP contribution in [0.4, 0.5) is 0 Å². The topological polar surface area (TPSA) is 210 Å². The van der Waals surface area contributed by atoms with E-state index in [1.165, 1.54) is 0 Å². The Morgan fingerprint density at radius 1 is 0.517 bits per heavy atom. The molecule has 11 nitrogen and oxygen atoms in total. The first kappa shape index (κ1) is 39.0. The Bertz CT molecular complexity index is 346. The number of thiol groups is 5. The zero-order valence-electron chi connectivity index (χ0n) is 15.2. The minimum Gasteiger partial charge on any atom is -0.481 e. The molecule has 0 heterocycles. The minimum absolute atomic E-state index is 0.0833. The number of hydrogen-bond acceptors (Lipinski definition) is 12.